The first-order valence-corrected chi connectivity index (χ1v) is 5.94. The summed E-state index contributed by atoms with van der Waals surface area (Å²) in [5.74, 6) is 0.961. The number of halogens is 1. The lowest BCUT2D eigenvalue weighted by Crippen LogP contribution is -2.18. The molecule has 0 saturated carbocycles. The number of aromatic nitrogens is 1. The number of nitrogens with one attached hydrogen (secondary N) is 1. The molecule has 0 saturated heterocycles. The van der Waals surface area contributed by atoms with Gasteiger partial charge in [-0.2, -0.15) is 0 Å². The van der Waals surface area contributed by atoms with Crippen LogP contribution in [0.15, 0.2) is 35.1 Å². The van der Waals surface area contributed by atoms with E-state index in [0.717, 1.165) is 23.4 Å². The lowest BCUT2D eigenvalue weighted by atomic mass is 10.1. The molecule has 2 rings (SSSR count). The Labute approximate surface area is 106 Å². The first kappa shape index (κ1) is 12.0. The smallest absolute Gasteiger partial charge is 0.152 e. The van der Waals surface area contributed by atoms with Crippen molar-refractivity contribution in [3.8, 4) is 0 Å². The Morgan fingerprint density at radius 2 is 2.29 bits per heavy atom. The predicted octanol–water partition coefficient (Wildman–Crippen LogP) is 3.68. The Hall–Kier alpha value is -1.48. The van der Waals surface area contributed by atoms with Crippen molar-refractivity contribution in [3.05, 3.63) is 47.1 Å². The third-order valence-corrected chi connectivity index (χ3v) is 2.88. The number of rotatable bonds is 4. The summed E-state index contributed by atoms with van der Waals surface area (Å²) in [4.78, 5) is 4.07. The summed E-state index contributed by atoms with van der Waals surface area (Å²) in [7, 11) is 0. The number of hydrogen-bond donors (Lipinski definition) is 1. The SMILES string of the molecule is Cc1ccnc(Cl)c1NC(C)Cc1ccco1. The fourth-order valence-corrected chi connectivity index (χ4v) is 1.99. The summed E-state index contributed by atoms with van der Waals surface area (Å²) in [5.41, 5.74) is 1.99. The van der Waals surface area contributed by atoms with Crippen LogP contribution < -0.4 is 5.32 Å². The topological polar surface area (TPSA) is 38.1 Å². The molecule has 17 heavy (non-hydrogen) atoms. The van der Waals surface area contributed by atoms with E-state index in [0.29, 0.717) is 5.15 Å². The number of aryl methyl sites for hydroxylation is 1. The van der Waals surface area contributed by atoms with Gasteiger partial charge in [-0.15, -0.1) is 0 Å². The third kappa shape index (κ3) is 3.01. The molecule has 0 aliphatic rings. The predicted molar refractivity (Wildman–Crippen MR) is 69.5 cm³/mol. The molecule has 0 aliphatic heterocycles. The van der Waals surface area contributed by atoms with E-state index in [-0.39, 0.29) is 6.04 Å². The van der Waals surface area contributed by atoms with Crippen molar-refractivity contribution >= 4 is 17.3 Å². The highest BCUT2D eigenvalue weighted by Crippen LogP contribution is 2.24. The lowest BCUT2D eigenvalue weighted by molar-refractivity contribution is 0.497. The van der Waals surface area contributed by atoms with Crippen molar-refractivity contribution in [2.24, 2.45) is 0 Å². The molecule has 0 radical (unpaired) electrons. The van der Waals surface area contributed by atoms with Crippen molar-refractivity contribution in [1.29, 1.82) is 0 Å². The van der Waals surface area contributed by atoms with Gasteiger partial charge in [-0.25, -0.2) is 4.98 Å². The molecular formula is C13H15ClN2O. The van der Waals surface area contributed by atoms with Gasteiger partial charge in [-0.1, -0.05) is 11.6 Å². The summed E-state index contributed by atoms with van der Waals surface area (Å²) in [5, 5.41) is 3.87. The summed E-state index contributed by atoms with van der Waals surface area (Å²) in [6.45, 7) is 4.10. The normalized spacial score (nSPS) is 12.4. The van der Waals surface area contributed by atoms with Crippen molar-refractivity contribution in [2.75, 3.05) is 5.32 Å². The van der Waals surface area contributed by atoms with Crippen LogP contribution in [0.1, 0.15) is 18.2 Å². The van der Waals surface area contributed by atoms with Crippen molar-refractivity contribution in [1.82, 2.24) is 4.98 Å². The molecule has 90 valence electrons. The number of hydrogen-bond acceptors (Lipinski definition) is 3. The van der Waals surface area contributed by atoms with Gasteiger partial charge in [0.25, 0.3) is 0 Å². The Bertz CT molecular complexity index is 462. The van der Waals surface area contributed by atoms with E-state index in [1.165, 1.54) is 0 Å². The minimum atomic E-state index is 0.238. The zero-order valence-electron chi connectivity index (χ0n) is 9.90. The molecule has 4 heteroatoms. The molecule has 0 spiro atoms. The van der Waals surface area contributed by atoms with E-state index in [9.17, 15) is 0 Å². The maximum Gasteiger partial charge on any atom is 0.152 e. The highest BCUT2D eigenvalue weighted by Gasteiger charge is 2.10. The molecular weight excluding hydrogens is 236 g/mol. The molecule has 2 aromatic heterocycles. The maximum atomic E-state index is 6.06. The second-order valence-electron chi connectivity index (χ2n) is 4.12. The van der Waals surface area contributed by atoms with Gasteiger partial charge in [0.15, 0.2) is 5.15 Å². The van der Waals surface area contributed by atoms with Crippen molar-refractivity contribution in [2.45, 2.75) is 26.3 Å². The van der Waals surface area contributed by atoms with Crippen LogP contribution in [0.4, 0.5) is 5.69 Å². The molecule has 0 fully saturated rings. The highest BCUT2D eigenvalue weighted by molar-refractivity contribution is 6.32. The average Bonchev–Trinajstić information content (AvgIpc) is 2.76. The van der Waals surface area contributed by atoms with Crippen LogP contribution in [-0.4, -0.2) is 11.0 Å². The van der Waals surface area contributed by atoms with E-state index in [1.54, 1.807) is 12.5 Å². The molecule has 0 aromatic carbocycles. The molecule has 1 unspecified atom stereocenters. The summed E-state index contributed by atoms with van der Waals surface area (Å²) >= 11 is 6.06. The number of furan rings is 1. The van der Waals surface area contributed by atoms with Gasteiger partial charge in [0.2, 0.25) is 0 Å². The Morgan fingerprint density at radius 3 is 2.94 bits per heavy atom. The van der Waals surface area contributed by atoms with Crippen LogP contribution in [0.5, 0.6) is 0 Å². The van der Waals surface area contributed by atoms with Gasteiger partial charge in [-0.3, -0.25) is 0 Å². The van der Waals surface area contributed by atoms with E-state index in [2.05, 4.69) is 17.2 Å². The van der Waals surface area contributed by atoms with Gasteiger partial charge in [0.1, 0.15) is 5.76 Å². The zero-order valence-corrected chi connectivity index (χ0v) is 10.7. The van der Waals surface area contributed by atoms with Gasteiger partial charge < -0.3 is 9.73 Å². The Kier molecular flexibility index (Phi) is 3.69. The van der Waals surface area contributed by atoms with Gasteiger partial charge in [0, 0.05) is 18.7 Å². The molecule has 3 nitrogen and oxygen atoms in total. The molecule has 2 aromatic rings. The lowest BCUT2D eigenvalue weighted by Gasteiger charge is -2.16. The van der Waals surface area contributed by atoms with E-state index in [1.807, 2.05) is 25.1 Å². The standard InChI is InChI=1S/C13H15ClN2O/c1-9-5-6-15-13(14)12(9)16-10(2)8-11-4-3-7-17-11/h3-7,10,16H,8H2,1-2H3. The largest absolute Gasteiger partial charge is 0.469 e. The number of pyridine rings is 1. The highest BCUT2D eigenvalue weighted by atomic mass is 35.5. The molecule has 0 amide bonds. The molecule has 2 heterocycles. The Morgan fingerprint density at radius 1 is 1.47 bits per heavy atom. The van der Waals surface area contributed by atoms with Gasteiger partial charge in [-0.05, 0) is 37.6 Å². The summed E-state index contributed by atoms with van der Waals surface area (Å²) < 4.78 is 5.31. The van der Waals surface area contributed by atoms with Crippen LogP contribution in [0.3, 0.4) is 0 Å². The zero-order chi connectivity index (χ0) is 12.3. The summed E-state index contributed by atoms with van der Waals surface area (Å²) in [6, 6.07) is 6.04. The molecule has 1 atom stereocenters. The van der Waals surface area contributed by atoms with Gasteiger partial charge >= 0.3 is 0 Å². The van der Waals surface area contributed by atoms with E-state index in [4.69, 9.17) is 16.0 Å². The fourth-order valence-electron chi connectivity index (χ4n) is 1.73. The number of nitrogens with zero attached hydrogens (tertiary/aromatic N) is 1. The van der Waals surface area contributed by atoms with Crippen molar-refractivity contribution in [3.63, 3.8) is 0 Å². The minimum absolute atomic E-state index is 0.238. The third-order valence-electron chi connectivity index (χ3n) is 2.59. The second kappa shape index (κ2) is 5.23. The monoisotopic (exact) mass is 250 g/mol. The van der Waals surface area contributed by atoms with Crippen LogP contribution in [0, 0.1) is 6.92 Å². The molecule has 0 aliphatic carbocycles. The second-order valence-corrected chi connectivity index (χ2v) is 4.48. The van der Waals surface area contributed by atoms with Gasteiger partial charge in [0.05, 0.1) is 12.0 Å². The Balaban J connectivity index is 2.05. The van der Waals surface area contributed by atoms with Crippen LogP contribution >= 0.6 is 11.6 Å². The number of anilines is 1. The average molecular weight is 251 g/mol. The molecule has 1 N–H and O–H groups in total. The summed E-state index contributed by atoms with van der Waals surface area (Å²) in [6.07, 6.45) is 4.21. The van der Waals surface area contributed by atoms with Crippen molar-refractivity contribution < 1.29 is 4.42 Å². The molecule has 0 bridgehead atoms. The van der Waals surface area contributed by atoms with Crippen LogP contribution in [0.2, 0.25) is 5.15 Å². The van der Waals surface area contributed by atoms with Crippen LogP contribution in [-0.2, 0) is 6.42 Å². The van der Waals surface area contributed by atoms with E-state index >= 15 is 0 Å². The minimum Gasteiger partial charge on any atom is -0.469 e. The fraction of sp³-hybridized carbons (Fsp3) is 0.308. The van der Waals surface area contributed by atoms with Crippen LogP contribution in [0.25, 0.3) is 0 Å². The first-order valence-electron chi connectivity index (χ1n) is 5.57. The van der Waals surface area contributed by atoms with E-state index < -0.39 is 0 Å². The first-order chi connectivity index (χ1) is 8.16. The maximum absolute atomic E-state index is 6.06. The quantitative estimate of drug-likeness (QED) is 0.842.